The average Bonchev–Trinajstić information content (AvgIpc) is 1.86. The minimum Gasteiger partial charge on any atom is -0.299 e. The molecule has 1 nitrogen and oxygen atoms in total. The third kappa shape index (κ3) is 1.73. The molecule has 0 N–H and O–H groups in total. The summed E-state index contributed by atoms with van der Waals surface area (Å²) < 4.78 is 23.7. The molecule has 0 aliphatic heterocycles. The Morgan fingerprint density at radius 3 is 1.78 bits per heavy atom. The first-order valence-corrected chi connectivity index (χ1v) is 2.70. The van der Waals surface area contributed by atoms with E-state index < -0.39 is 24.5 Å². The van der Waals surface area contributed by atoms with Crippen LogP contribution in [0.4, 0.5) is 8.78 Å². The SMILES string of the molecule is CC(=O)C(C)(CF)CF. The van der Waals surface area contributed by atoms with Gasteiger partial charge >= 0.3 is 0 Å². The van der Waals surface area contributed by atoms with Crippen LogP contribution >= 0.6 is 0 Å². The number of Topliss-reactive ketones (excluding diaryl/α,β-unsaturated/α-hetero) is 1. The lowest BCUT2D eigenvalue weighted by Gasteiger charge is -2.17. The maximum absolute atomic E-state index is 11.8. The van der Waals surface area contributed by atoms with Crippen molar-refractivity contribution in [1.82, 2.24) is 0 Å². The zero-order chi connectivity index (χ0) is 7.49. The fourth-order valence-corrected chi connectivity index (χ4v) is 0.224. The van der Waals surface area contributed by atoms with Crippen molar-refractivity contribution in [3.05, 3.63) is 0 Å². The summed E-state index contributed by atoms with van der Waals surface area (Å²) in [6, 6.07) is 0. The van der Waals surface area contributed by atoms with Crippen molar-refractivity contribution < 1.29 is 13.6 Å². The number of ketones is 1. The molecule has 0 saturated carbocycles. The third-order valence-electron chi connectivity index (χ3n) is 1.44. The van der Waals surface area contributed by atoms with Gasteiger partial charge in [0.05, 0.1) is 5.41 Å². The molecule has 0 unspecified atom stereocenters. The summed E-state index contributed by atoms with van der Waals surface area (Å²) in [6.07, 6.45) is 0. The Morgan fingerprint density at radius 2 is 1.78 bits per heavy atom. The van der Waals surface area contributed by atoms with Crippen LogP contribution in [-0.2, 0) is 4.79 Å². The van der Waals surface area contributed by atoms with Gasteiger partial charge in [0.1, 0.15) is 19.1 Å². The molecule has 54 valence electrons. The van der Waals surface area contributed by atoms with E-state index in [1.807, 2.05) is 0 Å². The molecule has 0 aliphatic carbocycles. The summed E-state index contributed by atoms with van der Waals surface area (Å²) in [5, 5.41) is 0. The van der Waals surface area contributed by atoms with Gasteiger partial charge in [0, 0.05) is 0 Å². The van der Waals surface area contributed by atoms with Crippen LogP contribution in [0, 0.1) is 5.41 Å². The van der Waals surface area contributed by atoms with Crippen LogP contribution in [0.25, 0.3) is 0 Å². The lowest BCUT2D eigenvalue weighted by Crippen LogP contribution is -2.30. The summed E-state index contributed by atoms with van der Waals surface area (Å²) in [6.45, 7) is 0.631. The van der Waals surface area contributed by atoms with Crippen molar-refractivity contribution in [3.8, 4) is 0 Å². The Balaban J connectivity index is 4.09. The Bertz CT molecular complexity index is 108. The first kappa shape index (κ1) is 8.53. The molecule has 0 aromatic carbocycles. The second-order valence-corrected chi connectivity index (χ2v) is 2.38. The van der Waals surface area contributed by atoms with Crippen LogP contribution < -0.4 is 0 Å². The van der Waals surface area contributed by atoms with E-state index in [0.29, 0.717) is 0 Å². The van der Waals surface area contributed by atoms with Crippen molar-refractivity contribution in [2.24, 2.45) is 5.41 Å². The molecular formula is C6H10F2O. The molecule has 0 rings (SSSR count). The van der Waals surface area contributed by atoms with E-state index in [1.165, 1.54) is 13.8 Å². The maximum Gasteiger partial charge on any atom is 0.140 e. The van der Waals surface area contributed by atoms with E-state index in [1.54, 1.807) is 0 Å². The molecule has 0 radical (unpaired) electrons. The number of halogens is 2. The summed E-state index contributed by atoms with van der Waals surface area (Å²) in [7, 11) is 0. The summed E-state index contributed by atoms with van der Waals surface area (Å²) in [5.74, 6) is -0.437. The van der Waals surface area contributed by atoms with Crippen molar-refractivity contribution in [1.29, 1.82) is 0 Å². The minimum atomic E-state index is -1.39. The van der Waals surface area contributed by atoms with Crippen molar-refractivity contribution >= 4 is 5.78 Å². The summed E-state index contributed by atoms with van der Waals surface area (Å²) >= 11 is 0. The van der Waals surface area contributed by atoms with Gasteiger partial charge in [0.15, 0.2) is 0 Å². The molecule has 9 heavy (non-hydrogen) atoms. The van der Waals surface area contributed by atoms with Gasteiger partial charge in [-0.2, -0.15) is 0 Å². The largest absolute Gasteiger partial charge is 0.299 e. The fraction of sp³-hybridized carbons (Fsp3) is 0.833. The number of hydrogen-bond acceptors (Lipinski definition) is 1. The molecular weight excluding hydrogens is 126 g/mol. The van der Waals surface area contributed by atoms with Gasteiger partial charge in [0.25, 0.3) is 0 Å². The van der Waals surface area contributed by atoms with E-state index in [9.17, 15) is 13.6 Å². The molecule has 0 fully saturated rings. The van der Waals surface area contributed by atoms with Crippen LogP contribution in [0.1, 0.15) is 13.8 Å². The van der Waals surface area contributed by atoms with E-state index in [-0.39, 0.29) is 0 Å². The molecule has 0 amide bonds. The van der Waals surface area contributed by atoms with Gasteiger partial charge in [-0.3, -0.25) is 4.79 Å². The fourth-order valence-electron chi connectivity index (χ4n) is 0.224. The molecule has 0 heterocycles. The third-order valence-corrected chi connectivity index (χ3v) is 1.44. The van der Waals surface area contributed by atoms with Crippen LogP contribution in [0.5, 0.6) is 0 Å². The van der Waals surface area contributed by atoms with Crippen LogP contribution in [0.3, 0.4) is 0 Å². The van der Waals surface area contributed by atoms with Gasteiger partial charge < -0.3 is 0 Å². The second kappa shape index (κ2) is 2.90. The van der Waals surface area contributed by atoms with E-state index in [4.69, 9.17) is 0 Å². The summed E-state index contributed by atoms with van der Waals surface area (Å²) in [4.78, 5) is 10.4. The standard InChI is InChI=1S/C6H10F2O/c1-5(9)6(2,3-7)4-8/h3-4H2,1-2H3. The number of alkyl halides is 2. The number of hydrogen-bond donors (Lipinski definition) is 0. The highest BCUT2D eigenvalue weighted by atomic mass is 19.1. The minimum absolute atomic E-state index is 0.437. The van der Waals surface area contributed by atoms with Crippen LogP contribution in [-0.4, -0.2) is 19.1 Å². The quantitative estimate of drug-likeness (QED) is 0.574. The first-order chi connectivity index (χ1) is 4.06. The van der Waals surface area contributed by atoms with Crippen molar-refractivity contribution in [2.45, 2.75) is 13.8 Å². The Morgan fingerprint density at radius 1 is 1.44 bits per heavy atom. The number of rotatable bonds is 3. The Labute approximate surface area is 53.1 Å². The predicted octanol–water partition coefficient (Wildman–Crippen LogP) is 1.52. The van der Waals surface area contributed by atoms with Gasteiger partial charge in [-0.1, -0.05) is 0 Å². The van der Waals surface area contributed by atoms with Gasteiger partial charge in [-0.15, -0.1) is 0 Å². The van der Waals surface area contributed by atoms with E-state index in [2.05, 4.69) is 0 Å². The topological polar surface area (TPSA) is 17.1 Å². The second-order valence-electron chi connectivity index (χ2n) is 2.38. The van der Waals surface area contributed by atoms with Gasteiger partial charge in [-0.25, -0.2) is 8.78 Å². The zero-order valence-corrected chi connectivity index (χ0v) is 5.58. The molecule has 0 aromatic heterocycles. The first-order valence-electron chi connectivity index (χ1n) is 2.70. The van der Waals surface area contributed by atoms with Crippen LogP contribution in [0.2, 0.25) is 0 Å². The molecule has 0 atom stereocenters. The summed E-state index contributed by atoms with van der Waals surface area (Å²) in [5.41, 5.74) is -1.39. The number of carbonyl (C=O) groups is 1. The molecule has 0 bridgehead atoms. The highest BCUT2D eigenvalue weighted by molar-refractivity contribution is 5.82. The molecule has 0 aliphatic rings. The smallest absolute Gasteiger partial charge is 0.140 e. The molecule has 0 aromatic rings. The highest BCUT2D eigenvalue weighted by Gasteiger charge is 2.29. The molecule has 0 spiro atoms. The van der Waals surface area contributed by atoms with Gasteiger partial charge in [-0.05, 0) is 13.8 Å². The van der Waals surface area contributed by atoms with Crippen molar-refractivity contribution in [2.75, 3.05) is 13.3 Å². The lowest BCUT2D eigenvalue weighted by molar-refractivity contribution is -0.127. The maximum atomic E-state index is 11.8. The predicted molar refractivity (Wildman–Crippen MR) is 30.7 cm³/mol. The Kier molecular flexibility index (Phi) is 2.74. The van der Waals surface area contributed by atoms with Crippen LogP contribution in [0.15, 0.2) is 0 Å². The monoisotopic (exact) mass is 136 g/mol. The zero-order valence-electron chi connectivity index (χ0n) is 5.58. The molecule has 3 heteroatoms. The highest BCUT2D eigenvalue weighted by Crippen LogP contribution is 2.18. The van der Waals surface area contributed by atoms with E-state index >= 15 is 0 Å². The number of carbonyl (C=O) groups excluding carboxylic acids is 1. The van der Waals surface area contributed by atoms with Crippen molar-refractivity contribution in [3.63, 3.8) is 0 Å². The average molecular weight is 136 g/mol. The van der Waals surface area contributed by atoms with E-state index in [0.717, 1.165) is 0 Å². The van der Waals surface area contributed by atoms with Gasteiger partial charge in [0.2, 0.25) is 0 Å². The normalized spacial score (nSPS) is 11.6. The Hall–Kier alpha value is -0.470. The lowest BCUT2D eigenvalue weighted by atomic mass is 9.90. The molecule has 0 saturated heterocycles.